The van der Waals surface area contributed by atoms with Gasteiger partial charge < -0.3 is 20.2 Å². The van der Waals surface area contributed by atoms with Gasteiger partial charge in [0.25, 0.3) is 0 Å². The topological polar surface area (TPSA) is 55.8 Å². The molecule has 2 N–H and O–H groups in total. The molecular weight excluding hydrogens is 254 g/mol. The van der Waals surface area contributed by atoms with Gasteiger partial charge in [-0.2, -0.15) is 0 Å². The summed E-state index contributed by atoms with van der Waals surface area (Å²) in [4.78, 5) is 16.5. The van der Waals surface area contributed by atoms with Gasteiger partial charge in [-0.05, 0) is 45.1 Å². The van der Waals surface area contributed by atoms with Crippen molar-refractivity contribution >= 4 is 6.03 Å². The van der Waals surface area contributed by atoms with E-state index < -0.39 is 0 Å². The number of hydrogen-bond donors (Lipinski definition) is 2. The highest BCUT2D eigenvalue weighted by molar-refractivity contribution is 5.75. The first-order chi connectivity index (χ1) is 9.60. The van der Waals surface area contributed by atoms with Crippen molar-refractivity contribution in [1.29, 1.82) is 0 Å². The summed E-state index contributed by atoms with van der Waals surface area (Å²) in [5, 5.41) is 12.4. The number of nitrogens with one attached hydrogen (secondary N) is 1. The fraction of sp³-hybridized carbons (Fsp3) is 0.933. The van der Waals surface area contributed by atoms with Gasteiger partial charge in [0.05, 0.1) is 12.6 Å². The highest BCUT2D eigenvalue weighted by Gasteiger charge is 2.29. The predicted octanol–water partition coefficient (Wildman–Crippen LogP) is 1.27. The lowest BCUT2D eigenvalue weighted by Gasteiger charge is -2.33. The van der Waals surface area contributed by atoms with Crippen LogP contribution in [0.2, 0.25) is 0 Å². The molecule has 2 fully saturated rings. The Hall–Kier alpha value is -0.810. The molecule has 0 radical (unpaired) electrons. The quantitative estimate of drug-likeness (QED) is 0.817. The summed E-state index contributed by atoms with van der Waals surface area (Å²) in [6.45, 7) is 8.42. The maximum atomic E-state index is 12.2. The van der Waals surface area contributed by atoms with E-state index in [9.17, 15) is 9.90 Å². The van der Waals surface area contributed by atoms with Crippen molar-refractivity contribution in [2.75, 3.05) is 32.8 Å². The van der Waals surface area contributed by atoms with E-state index in [0.29, 0.717) is 0 Å². The van der Waals surface area contributed by atoms with Crippen LogP contribution in [0.1, 0.15) is 39.5 Å². The van der Waals surface area contributed by atoms with Crippen LogP contribution in [0.25, 0.3) is 0 Å². The average molecular weight is 283 g/mol. The molecule has 2 saturated heterocycles. The summed E-state index contributed by atoms with van der Waals surface area (Å²) in [5.41, 5.74) is 0. The number of piperidine rings is 1. The molecule has 0 aromatic heterocycles. The van der Waals surface area contributed by atoms with Gasteiger partial charge >= 0.3 is 6.03 Å². The van der Waals surface area contributed by atoms with Crippen LogP contribution < -0.4 is 5.32 Å². The summed E-state index contributed by atoms with van der Waals surface area (Å²) in [6.07, 6.45) is 4.50. The Bertz CT molecular complexity index is 324. The zero-order valence-electron chi connectivity index (χ0n) is 12.8. The van der Waals surface area contributed by atoms with Crippen LogP contribution in [0.15, 0.2) is 0 Å². The minimum atomic E-state index is -0.0147. The summed E-state index contributed by atoms with van der Waals surface area (Å²) in [6, 6.07) is 0.157. The minimum Gasteiger partial charge on any atom is -0.394 e. The average Bonchev–Trinajstić information content (AvgIpc) is 2.86. The highest BCUT2D eigenvalue weighted by atomic mass is 16.3. The van der Waals surface area contributed by atoms with Gasteiger partial charge in [0.15, 0.2) is 0 Å². The maximum absolute atomic E-state index is 12.2. The molecule has 0 aliphatic carbocycles. The maximum Gasteiger partial charge on any atom is 0.317 e. The first-order valence-corrected chi connectivity index (χ1v) is 8.00. The zero-order valence-corrected chi connectivity index (χ0v) is 12.8. The number of aliphatic hydroxyl groups excluding tert-OH is 1. The Morgan fingerprint density at radius 1 is 1.35 bits per heavy atom. The first-order valence-electron chi connectivity index (χ1n) is 8.00. The third kappa shape index (κ3) is 4.09. The van der Waals surface area contributed by atoms with Crippen molar-refractivity contribution < 1.29 is 9.90 Å². The van der Waals surface area contributed by atoms with E-state index in [-0.39, 0.29) is 24.7 Å². The number of aliphatic hydroxyl groups is 1. The third-order valence-corrected chi connectivity index (χ3v) is 4.49. The lowest BCUT2D eigenvalue weighted by molar-refractivity contribution is 0.145. The normalized spacial score (nSPS) is 29.4. The van der Waals surface area contributed by atoms with Crippen LogP contribution in [0, 0.1) is 5.92 Å². The molecule has 20 heavy (non-hydrogen) atoms. The van der Waals surface area contributed by atoms with E-state index in [1.165, 1.54) is 12.8 Å². The Balaban J connectivity index is 1.76. The van der Waals surface area contributed by atoms with Gasteiger partial charge in [-0.1, -0.05) is 6.92 Å². The molecule has 3 atom stereocenters. The number of urea groups is 1. The first kappa shape index (κ1) is 15.6. The summed E-state index contributed by atoms with van der Waals surface area (Å²) in [5.74, 6) is 0.768. The molecule has 2 aliphatic rings. The monoisotopic (exact) mass is 283 g/mol. The molecule has 2 aliphatic heterocycles. The molecule has 0 saturated carbocycles. The molecule has 0 bridgehead atoms. The summed E-state index contributed by atoms with van der Waals surface area (Å²) >= 11 is 0. The number of carbonyl (C=O) groups is 1. The van der Waals surface area contributed by atoms with Crippen LogP contribution in [-0.2, 0) is 0 Å². The molecule has 3 unspecified atom stereocenters. The van der Waals surface area contributed by atoms with Crippen LogP contribution in [-0.4, -0.2) is 65.8 Å². The van der Waals surface area contributed by atoms with Crippen molar-refractivity contribution in [2.45, 2.75) is 51.6 Å². The molecular formula is C15H29N3O2. The highest BCUT2D eigenvalue weighted by Crippen LogP contribution is 2.17. The Morgan fingerprint density at radius 2 is 2.10 bits per heavy atom. The van der Waals surface area contributed by atoms with E-state index in [4.69, 9.17) is 0 Å². The number of hydrogen-bond acceptors (Lipinski definition) is 3. The molecule has 5 heteroatoms. The largest absolute Gasteiger partial charge is 0.394 e. The molecule has 2 amide bonds. The summed E-state index contributed by atoms with van der Waals surface area (Å²) in [7, 11) is 0. The zero-order chi connectivity index (χ0) is 14.5. The van der Waals surface area contributed by atoms with Crippen molar-refractivity contribution in [3.63, 3.8) is 0 Å². The van der Waals surface area contributed by atoms with Crippen molar-refractivity contribution in [2.24, 2.45) is 5.92 Å². The second-order valence-corrected chi connectivity index (χ2v) is 6.53. The van der Waals surface area contributed by atoms with Crippen molar-refractivity contribution in [3.8, 4) is 0 Å². The SMILES string of the molecule is CC1CCCN(CC(C)NC(=O)N2CCCC2CO)C1. The smallest absolute Gasteiger partial charge is 0.317 e. The third-order valence-electron chi connectivity index (χ3n) is 4.49. The predicted molar refractivity (Wildman–Crippen MR) is 79.6 cm³/mol. The van der Waals surface area contributed by atoms with Gasteiger partial charge in [0.1, 0.15) is 0 Å². The Labute approximate surface area is 122 Å². The van der Waals surface area contributed by atoms with E-state index in [1.807, 2.05) is 0 Å². The lowest BCUT2D eigenvalue weighted by atomic mass is 10.00. The van der Waals surface area contributed by atoms with Crippen molar-refractivity contribution in [3.05, 3.63) is 0 Å². The number of amides is 2. The van der Waals surface area contributed by atoms with E-state index in [2.05, 4.69) is 24.1 Å². The van der Waals surface area contributed by atoms with Gasteiger partial charge in [-0.25, -0.2) is 4.79 Å². The van der Waals surface area contributed by atoms with Crippen molar-refractivity contribution in [1.82, 2.24) is 15.1 Å². The Kier molecular flexibility index (Phi) is 5.66. The van der Waals surface area contributed by atoms with Gasteiger partial charge in [-0.15, -0.1) is 0 Å². The molecule has 5 nitrogen and oxygen atoms in total. The Morgan fingerprint density at radius 3 is 2.80 bits per heavy atom. The van der Waals surface area contributed by atoms with E-state index in [0.717, 1.165) is 44.9 Å². The lowest BCUT2D eigenvalue weighted by Crippen LogP contribution is -2.50. The molecule has 0 aromatic carbocycles. The summed E-state index contributed by atoms with van der Waals surface area (Å²) < 4.78 is 0. The molecule has 2 rings (SSSR count). The number of carbonyl (C=O) groups excluding carboxylic acids is 1. The van der Waals surface area contributed by atoms with Crippen LogP contribution in [0.4, 0.5) is 4.79 Å². The van der Waals surface area contributed by atoms with Crippen LogP contribution in [0.3, 0.4) is 0 Å². The molecule has 116 valence electrons. The molecule has 2 heterocycles. The molecule has 0 aromatic rings. The number of likely N-dealkylation sites (tertiary alicyclic amines) is 2. The van der Waals surface area contributed by atoms with Gasteiger partial charge in [-0.3, -0.25) is 0 Å². The fourth-order valence-corrected chi connectivity index (χ4v) is 3.47. The standard InChI is InChI=1S/C15H29N3O2/c1-12-5-3-7-17(9-12)10-13(2)16-15(20)18-8-4-6-14(18)11-19/h12-14,19H,3-11H2,1-2H3,(H,16,20). The minimum absolute atomic E-state index is 0.0113. The van der Waals surface area contributed by atoms with Gasteiger partial charge in [0, 0.05) is 25.7 Å². The second kappa shape index (κ2) is 7.27. The van der Waals surface area contributed by atoms with Crippen LogP contribution >= 0.6 is 0 Å². The fourth-order valence-electron chi connectivity index (χ4n) is 3.47. The number of rotatable bonds is 4. The van der Waals surface area contributed by atoms with E-state index in [1.54, 1.807) is 4.90 Å². The molecule has 0 spiro atoms. The second-order valence-electron chi connectivity index (χ2n) is 6.53. The van der Waals surface area contributed by atoms with Gasteiger partial charge in [0.2, 0.25) is 0 Å². The van der Waals surface area contributed by atoms with Crippen LogP contribution in [0.5, 0.6) is 0 Å². The number of nitrogens with zero attached hydrogens (tertiary/aromatic N) is 2. The van der Waals surface area contributed by atoms with E-state index >= 15 is 0 Å².